The summed E-state index contributed by atoms with van der Waals surface area (Å²) in [6.07, 6.45) is 10.1. The Kier molecular flexibility index (Phi) is 6.66. The molecule has 0 saturated carbocycles. The molecule has 0 atom stereocenters. The predicted octanol–water partition coefficient (Wildman–Crippen LogP) is 8.91. The van der Waals surface area contributed by atoms with Crippen molar-refractivity contribution in [3.05, 3.63) is 140 Å². The molecule has 1 aliphatic heterocycles. The smallest absolute Gasteiger partial charge is 0.0975 e. The van der Waals surface area contributed by atoms with Crippen molar-refractivity contribution in [3.8, 4) is 45.0 Å². The third kappa shape index (κ3) is 4.78. The van der Waals surface area contributed by atoms with Gasteiger partial charge < -0.3 is 4.90 Å². The number of hydrogen-bond donors (Lipinski definition) is 0. The molecule has 0 N–H and O–H groups in total. The van der Waals surface area contributed by atoms with Gasteiger partial charge >= 0.3 is 0 Å². The Bertz CT molecular complexity index is 1970. The molecule has 7 rings (SSSR count). The molecule has 3 aromatic heterocycles. The number of aliphatic imine (C=N–C) groups is 1. The third-order valence-corrected chi connectivity index (χ3v) is 7.43. The number of aromatic nitrogens is 3. The number of pyridine rings is 3. The lowest BCUT2D eigenvalue weighted by Gasteiger charge is -2.26. The van der Waals surface area contributed by atoms with Crippen LogP contribution < -0.4 is 4.90 Å². The molecule has 0 bridgehead atoms. The van der Waals surface area contributed by atoms with Crippen molar-refractivity contribution >= 4 is 29.0 Å². The highest BCUT2D eigenvalue weighted by molar-refractivity contribution is 6.03. The summed E-state index contributed by atoms with van der Waals surface area (Å²) in [5.41, 5.74) is 10.5. The standard InChI is InChI=1S/C37H27N5/c1-38-36-30-13-3-4-14-32(30)41-35(37(36)42-23-7-2-8-24-42)29-12-9-11-28(25-29)26-18-20-27(21-19-26)31-16-10-17-34(40-31)33-15-5-6-22-39-33/h2-23,25H,1,24H2. The normalized spacial score (nSPS) is 12.5. The molecule has 0 spiro atoms. The molecule has 5 heteroatoms. The molecule has 0 radical (unpaired) electrons. The molecule has 0 fully saturated rings. The van der Waals surface area contributed by atoms with Crippen LogP contribution in [0.5, 0.6) is 0 Å². The Morgan fingerprint density at radius 1 is 0.643 bits per heavy atom. The van der Waals surface area contributed by atoms with Crippen LogP contribution in [0, 0.1) is 0 Å². The average molecular weight is 542 g/mol. The Morgan fingerprint density at radius 2 is 1.40 bits per heavy atom. The van der Waals surface area contributed by atoms with Crippen molar-refractivity contribution < 1.29 is 0 Å². The van der Waals surface area contributed by atoms with E-state index in [4.69, 9.17) is 9.97 Å². The van der Waals surface area contributed by atoms with Crippen LogP contribution in [-0.4, -0.2) is 28.2 Å². The molecule has 0 unspecified atom stereocenters. The van der Waals surface area contributed by atoms with E-state index < -0.39 is 0 Å². The summed E-state index contributed by atoms with van der Waals surface area (Å²) in [6.45, 7) is 4.68. The van der Waals surface area contributed by atoms with E-state index in [0.717, 1.165) is 73.9 Å². The zero-order valence-electron chi connectivity index (χ0n) is 22.9. The zero-order chi connectivity index (χ0) is 28.3. The summed E-state index contributed by atoms with van der Waals surface area (Å²) >= 11 is 0. The topological polar surface area (TPSA) is 54.3 Å². The van der Waals surface area contributed by atoms with E-state index in [0.29, 0.717) is 0 Å². The number of allylic oxidation sites excluding steroid dienone is 2. The fourth-order valence-electron chi connectivity index (χ4n) is 5.38. The minimum atomic E-state index is 0.739. The average Bonchev–Trinajstić information content (AvgIpc) is 3.08. The van der Waals surface area contributed by atoms with Crippen LogP contribution in [0.1, 0.15) is 0 Å². The second-order valence-corrected chi connectivity index (χ2v) is 10.0. The highest BCUT2D eigenvalue weighted by Gasteiger charge is 2.21. The molecular weight excluding hydrogens is 514 g/mol. The molecule has 6 aromatic rings. The van der Waals surface area contributed by atoms with E-state index in [1.807, 2.05) is 60.7 Å². The summed E-state index contributed by atoms with van der Waals surface area (Å²) in [4.78, 5) is 21.2. The van der Waals surface area contributed by atoms with Gasteiger partial charge in [-0.1, -0.05) is 84.9 Å². The minimum absolute atomic E-state index is 0.739. The molecule has 1 aliphatic rings. The van der Waals surface area contributed by atoms with E-state index in [1.165, 1.54) is 0 Å². The number of nitrogens with zero attached hydrogens (tertiary/aromatic N) is 5. The van der Waals surface area contributed by atoms with E-state index in [2.05, 4.69) is 94.5 Å². The van der Waals surface area contributed by atoms with Gasteiger partial charge in [-0.25, -0.2) is 9.97 Å². The number of benzene rings is 3. The van der Waals surface area contributed by atoms with Gasteiger partial charge in [-0.05, 0) is 60.3 Å². The molecule has 3 aromatic carbocycles. The van der Waals surface area contributed by atoms with Crippen LogP contribution in [0.25, 0.3) is 55.9 Å². The Labute approximate surface area is 244 Å². The van der Waals surface area contributed by atoms with Gasteiger partial charge in [-0.15, -0.1) is 0 Å². The van der Waals surface area contributed by atoms with E-state index >= 15 is 0 Å². The van der Waals surface area contributed by atoms with Gasteiger partial charge in [-0.2, -0.15) is 0 Å². The zero-order valence-corrected chi connectivity index (χ0v) is 22.9. The highest BCUT2D eigenvalue weighted by atomic mass is 15.1. The van der Waals surface area contributed by atoms with Gasteiger partial charge in [0, 0.05) is 35.5 Å². The van der Waals surface area contributed by atoms with Crippen LogP contribution in [0.3, 0.4) is 0 Å². The maximum absolute atomic E-state index is 5.15. The van der Waals surface area contributed by atoms with Crippen molar-refractivity contribution in [2.45, 2.75) is 0 Å². The first-order valence-electron chi connectivity index (χ1n) is 13.9. The van der Waals surface area contributed by atoms with E-state index in [9.17, 15) is 0 Å². The van der Waals surface area contributed by atoms with Crippen molar-refractivity contribution in [2.24, 2.45) is 4.99 Å². The van der Waals surface area contributed by atoms with Gasteiger partial charge in [0.2, 0.25) is 0 Å². The van der Waals surface area contributed by atoms with Crippen LogP contribution >= 0.6 is 0 Å². The first kappa shape index (κ1) is 25.3. The van der Waals surface area contributed by atoms with Crippen LogP contribution in [-0.2, 0) is 0 Å². The highest BCUT2D eigenvalue weighted by Crippen LogP contribution is 2.43. The Balaban J connectivity index is 1.27. The van der Waals surface area contributed by atoms with E-state index in [1.54, 1.807) is 6.20 Å². The molecule has 4 heterocycles. The van der Waals surface area contributed by atoms with Crippen molar-refractivity contribution in [1.82, 2.24) is 15.0 Å². The third-order valence-electron chi connectivity index (χ3n) is 7.43. The van der Waals surface area contributed by atoms with Gasteiger partial charge in [-0.3, -0.25) is 9.98 Å². The van der Waals surface area contributed by atoms with Crippen LogP contribution in [0.4, 0.5) is 11.4 Å². The maximum Gasteiger partial charge on any atom is 0.0975 e. The summed E-state index contributed by atoms with van der Waals surface area (Å²) < 4.78 is 0. The fraction of sp³-hybridized carbons (Fsp3) is 0.0270. The summed E-state index contributed by atoms with van der Waals surface area (Å²) in [6, 6.07) is 37.1. The predicted molar refractivity (Wildman–Crippen MR) is 174 cm³/mol. The Morgan fingerprint density at radius 3 is 2.21 bits per heavy atom. The number of rotatable bonds is 6. The van der Waals surface area contributed by atoms with E-state index in [-0.39, 0.29) is 0 Å². The first-order chi connectivity index (χ1) is 20.8. The van der Waals surface area contributed by atoms with Crippen LogP contribution in [0.15, 0.2) is 145 Å². The first-order valence-corrected chi connectivity index (χ1v) is 13.9. The summed E-state index contributed by atoms with van der Waals surface area (Å²) in [5, 5.41) is 0.988. The molecular formula is C37H27N5. The molecule has 0 saturated heterocycles. The SMILES string of the molecule is C=Nc1c(N2C=CC=CC2)c(-c2cccc(-c3ccc(-c4cccc(-c5ccccn5)n4)cc3)c2)nc2ccccc12. The number of hydrogen-bond acceptors (Lipinski definition) is 5. The van der Waals surface area contributed by atoms with Crippen molar-refractivity contribution in [2.75, 3.05) is 11.4 Å². The van der Waals surface area contributed by atoms with Crippen LogP contribution in [0.2, 0.25) is 0 Å². The monoisotopic (exact) mass is 541 g/mol. The quantitative estimate of drug-likeness (QED) is 0.198. The number of fused-ring (bicyclic) bond motifs is 1. The number of para-hydroxylation sites is 1. The van der Waals surface area contributed by atoms with Gasteiger partial charge in [0.1, 0.15) is 0 Å². The van der Waals surface area contributed by atoms with Gasteiger partial charge in [0.15, 0.2) is 0 Å². The lowest BCUT2D eigenvalue weighted by molar-refractivity contribution is 1.07. The molecule has 42 heavy (non-hydrogen) atoms. The fourth-order valence-corrected chi connectivity index (χ4v) is 5.38. The maximum atomic E-state index is 5.15. The molecule has 200 valence electrons. The second-order valence-electron chi connectivity index (χ2n) is 10.0. The molecule has 5 nitrogen and oxygen atoms in total. The van der Waals surface area contributed by atoms with Gasteiger partial charge in [0.25, 0.3) is 0 Å². The number of anilines is 1. The summed E-state index contributed by atoms with van der Waals surface area (Å²) in [5.74, 6) is 0. The van der Waals surface area contributed by atoms with Gasteiger partial charge in [0.05, 0.1) is 39.7 Å². The molecule has 0 amide bonds. The molecule has 0 aliphatic carbocycles. The summed E-state index contributed by atoms with van der Waals surface area (Å²) in [7, 11) is 0. The Hall–Kier alpha value is -5.68. The largest absolute Gasteiger partial charge is 0.341 e. The second kappa shape index (κ2) is 11.1. The van der Waals surface area contributed by atoms with Crippen molar-refractivity contribution in [3.63, 3.8) is 0 Å². The lowest BCUT2D eigenvalue weighted by Crippen LogP contribution is -2.19. The van der Waals surface area contributed by atoms with Crippen molar-refractivity contribution in [1.29, 1.82) is 0 Å². The minimum Gasteiger partial charge on any atom is -0.341 e. The lowest BCUT2D eigenvalue weighted by atomic mass is 9.98.